The van der Waals surface area contributed by atoms with E-state index in [1.807, 2.05) is 7.05 Å². The van der Waals surface area contributed by atoms with Gasteiger partial charge in [-0.2, -0.15) is 4.31 Å². The number of nitrogens with one attached hydrogen (secondary N) is 1. The molecule has 1 aromatic heterocycles. The quantitative estimate of drug-likeness (QED) is 0.537. The van der Waals surface area contributed by atoms with Crippen LogP contribution >= 0.6 is 22.9 Å². The molecule has 0 saturated carbocycles. The van der Waals surface area contributed by atoms with Crippen LogP contribution in [0, 0.1) is 0 Å². The minimum Gasteiger partial charge on any atom is -0.357 e. The molecule has 190 valence electrons. The van der Waals surface area contributed by atoms with Crippen LogP contribution in [0.5, 0.6) is 0 Å². The Morgan fingerprint density at radius 2 is 1.86 bits per heavy atom. The van der Waals surface area contributed by atoms with E-state index < -0.39 is 22.0 Å². The van der Waals surface area contributed by atoms with Gasteiger partial charge in [-0.1, -0.05) is 23.7 Å². The molecule has 1 unspecified atom stereocenters. The van der Waals surface area contributed by atoms with E-state index in [-0.39, 0.29) is 30.4 Å². The van der Waals surface area contributed by atoms with Gasteiger partial charge in [-0.15, -0.1) is 11.3 Å². The second-order valence-corrected chi connectivity index (χ2v) is 12.5. The van der Waals surface area contributed by atoms with Crippen LogP contribution in [0.4, 0.5) is 0 Å². The molecule has 2 amide bonds. The van der Waals surface area contributed by atoms with Crippen LogP contribution < -0.4 is 5.32 Å². The average Bonchev–Trinajstić information content (AvgIpc) is 3.30. The lowest BCUT2D eigenvalue weighted by atomic mass is 10.1. The highest BCUT2D eigenvalue weighted by Gasteiger charge is 2.41. The first kappa shape index (κ1) is 25.1. The van der Waals surface area contributed by atoms with Crippen molar-refractivity contribution in [1.82, 2.24) is 24.4 Å². The fourth-order valence-corrected chi connectivity index (χ4v) is 7.33. The Morgan fingerprint density at radius 3 is 2.64 bits per heavy atom. The lowest BCUT2D eigenvalue weighted by molar-refractivity contribution is -0.126. The molecular weight excluding hydrogens is 522 g/mol. The lowest BCUT2D eigenvalue weighted by Gasteiger charge is -2.39. The monoisotopic (exact) mass is 547 g/mol. The number of hydrogen-bond donors (Lipinski definition) is 1. The number of thiazole rings is 1. The number of hydrogen-bond acceptors (Lipinski definition) is 7. The van der Waals surface area contributed by atoms with Gasteiger partial charge in [0, 0.05) is 49.7 Å². The van der Waals surface area contributed by atoms with Crippen LogP contribution in [-0.2, 0) is 27.8 Å². The lowest BCUT2D eigenvalue weighted by Crippen LogP contribution is -2.61. The molecule has 1 fully saturated rings. The summed E-state index contributed by atoms with van der Waals surface area (Å²) in [7, 11) is -0.410. The minimum absolute atomic E-state index is 0.0774. The fourth-order valence-electron chi connectivity index (χ4n) is 4.66. The minimum atomic E-state index is -3.90. The van der Waals surface area contributed by atoms with Crippen molar-refractivity contribution < 1.29 is 18.0 Å². The van der Waals surface area contributed by atoms with E-state index >= 15 is 0 Å². The molecule has 1 N–H and O–H groups in total. The second-order valence-electron chi connectivity index (χ2n) is 9.02. The van der Waals surface area contributed by atoms with Crippen LogP contribution in [0.2, 0.25) is 5.02 Å². The van der Waals surface area contributed by atoms with Crippen LogP contribution in [0.3, 0.4) is 0 Å². The summed E-state index contributed by atoms with van der Waals surface area (Å²) in [5.41, 5.74) is 0.896. The maximum Gasteiger partial charge on any atom is 0.283 e. The summed E-state index contributed by atoms with van der Waals surface area (Å²) in [5, 5.41) is 5.06. The molecule has 2 aromatic carbocycles. The Morgan fingerprint density at radius 1 is 1.11 bits per heavy atom. The SMILES string of the molecule is CNC(=O)C1CN(S(=O)(=O)c2ccc3cc(Cl)ccc3c2)CCN1C(=O)c1nc2c(s1)CCN(C)C2. The standard InChI is InChI=1S/C24H26ClN5O4S2/c1-26-22(31)20-14-29(36(33,34)18-6-4-15-11-17(25)5-3-16(15)12-18)9-10-30(20)24(32)23-27-19-13-28(2)8-7-21(19)35-23/h3-6,11-12,20H,7-10,13-14H2,1-2H3,(H,26,31). The highest BCUT2D eigenvalue weighted by molar-refractivity contribution is 7.89. The number of amides is 2. The number of fused-ring (bicyclic) bond motifs is 2. The van der Waals surface area contributed by atoms with Crippen LogP contribution in [0.15, 0.2) is 41.3 Å². The van der Waals surface area contributed by atoms with Gasteiger partial charge < -0.3 is 15.1 Å². The molecule has 0 radical (unpaired) electrons. The molecule has 5 rings (SSSR count). The summed E-state index contributed by atoms with van der Waals surface area (Å²) >= 11 is 7.41. The number of piperazine rings is 1. The number of rotatable bonds is 4. The first-order chi connectivity index (χ1) is 17.2. The summed E-state index contributed by atoms with van der Waals surface area (Å²) in [4.78, 5) is 35.6. The van der Waals surface area contributed by atoms with Gasteiger partial charge >= 0.3 is 0 Å². The van der Waals surface area contributed by atoms with E-state index in [4.69, 9.17) is 11.6 Å². The fraction of sp³-hybridized carbons (Fsp3) is 0.375. The molecule has 36 heavy (non-hydrogen) atoms. The van der Waals surface area contributed by atoms with Crippen molar-refractivity contribution in [3.8, 4) is 0 Å². The third-order valence-corrected chi connectivity index (χ3v) is 9.91. The molecule has 1 saturated heterocycles. The number of carbonyl (C=O) groups is 2. The number of aromatic nitrogens is 1. The Kier molecular flexibility index (Phi) is 6.77. The Balaban J connectivity index is 1.40. The number of halogens is 1. The van der Waals surface area contributed by atoms with Gasteiger partial charge in [0.1, 0.15) is 6.04 Å². The summed E-state index contributed by atoms with van der Waals surface area (Å²) < 4.78 is 28.3. The first-order valence-electron chi connectivity index (χ1n) is 11.6. The van der Waals surface area contributed by atoms with Crippen molar-refractivity contribution in [2.24, 2.45) is 0 Å². The third-order valence-electron chi connectivity index (χ3n) is 6.67. The molecule has 3 heterocycles. The van der Waals surface area contributed by atoms with Gasteiger partial charge in [-0.25, -0.2) is 13.4 Å². The first-order valence-corrected chi connectivity index (χ1v) is 14.2. The second kappa shape index (κ2) is 9.71. The molecule has 3 aromatic rings. The summed E-state index contributed by atoms with van der Waals surface area (Å²) in [6.45, 7) is 1.61. The Labute approximate surface area is 218 Å². The average molecular weight is 548 g/mol. The van der Waals surface area contributed by atoms with E-state index in [0.717, 1.165) is 34.3 Å². The van der Waals surface area contributed by atoms with Gasteiger partial charge in [0.05, 0.1) is 10.6 Å². The number of carbonyl (C=O) groups excluding carboxylic acids is 2. The maximum absolute atomic E-state index is 13.5. The highest BCUT2D eigenvalue weighted by atomic mass is 35.5. The van der Waals surface area contributed by atoms with Gasteiger partial charge in [0.25, 0.3) is 5.91 Å². The van der Waals surface area contributed by atoms with E-state index in [1.165, 1.54) is 33.7 Å². The summed E-state index contributed by atoms with van der Waals surface area (Å²) in [6.07, 6.45) is 0.833. The van der Waals surface area contributed by atoms with Gasteiger partial charge in [-0.05, 0) is 48.5 Å². The van der Waals surface area contributed by atoms with Crippen LogP contribution in [-0.4, -0.2) is 85.6 Å². The molecular formula is C24H26ClN5O4S2. The van der Waals surface area contributed by atoms with Crippen molar-refractivity contribution in [2.75, 3.05) is 40.3 Å². The van der Waals surface area contributed by atoms with Crippen molar-refractivity contribution in [3.63, 3.8) is 0 Å². The number of nitrogens with zero attached hydrogens (tertiary/aromatic N) is 4. The maximum atomic E-state index is 13.5. The zero-order chi connectivity index (χ0) is 25.6. The zero-order valence-electron chi connectivity index (χ0n) is 19.9. The molecule has 0 spiro atoms. The van der Waals surface area contributed by atoms with Crippen molar-refractivity contribution in [2.45, 2.75) is 23.9 Å². The van der Waals surface area contributed by atoms with Gasteiger partial charge in [0.2, 0.25) is 15.9 Å². The van der Waals surface area contributed by atoms with Gasteiger partial charge in [0.15, 0.2) is 5.01 Å². The number of benzene rings is 2. The van der Waals surface area contributed by atoms with Crippen molar-refractivity contribution >= 4 is 55.5 Å². The number of likely N-dealkylation sites (N-methyl/N-ethyl adjacent to an activating group) is 2. The van der Waals surface area contributed by atoms with Gasteiger partial charge in [-0.3, -0.25) is 9.59 Å². The van der Waals surface area contributed by atoms with Crippen molar-refractivity contribution in [1.29, 1.82) is 0 Å². The van der Waals surface area contributed by atoms with E-state index in [2.05, 4.69) is 15.2 Å². The predicted molar refractivity (Wildman–Crippen MR) is 139 cm³/mol. The Bertz CT molecular complexity index is 1460. The third kappa shape index (κ3) is 4.61. The van der Waals surface area contributed by atoms with E-state index in [0.29, 0.717) is 16.6 Å². The van der Waals surface area contributed by atoms with E-state index in [9.17, 15) is 18.0 Å². The largest absolute Gasteiger partial charge is 0.357 e. The van der Waals surface area contributed by atoms with Crippen molar-refractivity contribution in [3.05, 3.63) is 57.0 Å². The number of sulfonamides is 1. The van der Waals surface area contributed by atoms with Crippen LogP contribution in [0.25, 0.3) is 10.8 Å². The molecule has 1 atom stereocenters. The molecule has 0 bridgehead atoms. The molecule has 0 aliphatic carbocycles. The topological polar surface area (TPSA) is 103 Å². The smallest absolute Gasteiger partial charge is 0.283 e. The Hall–Kier alpha value is -2.57. The molecule has 2 aliphatic heterocycles. The van der Waals surface area contributed by atoms with E-state index in [1.54, 1.807) is 30.3 Å². The molecule has 12 heteroatoms. The molecule has 2 aliphatic rings. The normalized spacial score (nSPS) is 19.3. The highest BCUT2D eigenvalue weighted by Crippen LogP contribution is 2.29. The summed E-state index contributed by atoms with van der Waals surface area (Å²) in [5.74, 6) is -0.761. The predicted octanol–water partition coefficient (Wildman–Crippen LogP) is 2.20. The van der Waals surface area contributed by atoms with Crippen LogP contribution in [0.1, 0.15) is 20.4 Å². The molecule has 9 nitrogen and oxygen atoms in total. The zero-order valence-corrected chi connectivity index (χ0v) is 22.3. The summed E-state index contributed by atoms with van der Waals surface area (Å²) in [6, 6.07) is 9.14.